The van der Waals surface area contributed by atoms with Crippen LogP contribution < -0.4 is 5.32 Å². The van der Waals surface area contributed by atoms with Gasteiger partial charge in [0.15, 0.2) is 5.78 Å². The van der Waals surface area contributed by atoms with E-state index in [9.17, 15) is 4.79 Å². The maximum Gasteiger partial charge on any atom is 0.170 e. The second-order valence-electron chi connectivity index (χ2n) is 5.59. The molecule has 1 aliphatic heterocycles. The second kappa shape index (κ2) is 5.16. The van der Waals surface area contributed by atoms with Crippen molar-refractivity contribution in [3.63, 3.8) is 0 Å². The van der Waals surface area contributed by atoms with E-state index >= 15 is 0 Å². The molecule has 1 heterocycles. The Kier molecular flexibility index (Phi) is 3.36. The molecule has 100 valence electrons. The van der Waals surface area contributed by atoms with E-state index < -0.39 is 0 Å². The molecule has 0 radical (unpaired) electrons. The monoisotopic (exact) mass is 256 g/mol. The summed E-state index contributed by atoms with van der Waals surface area (Å²) < 4.78 is 0. The zero-order valence-electron chi connectivity index (χ0n) is 11.4. The number of rotatable bonds is 3. The van der Waals surface area contributed by atoms with E-state index in [1.165, 1.54) is 25.7 Å². The summed E-state index contributed by atoms with van der Waals surface area (Å²) in [5.41, 5.74) is 1.87. The van der Waals surface area contributed by atoms with E-state index in [0.29, 0.717) is 18.5 Å². The highest BCUT2D eigenvalue weighted by Gasteiger charge is 2.31. The standard InChI is InChI=1S/C16H20N2O/c1-11-6-2-3-7-12(11)15(19)10-16-17-13-8-4-5-9-14(13)18-16/h2-3,6-7,13-14H,4-5,8-10H2,1H3,(H,17,18)/t13-,14+. The lowest BCUT2D eigenvalue weighted by atomic mass is 9.92. The van der Waals surface area contributed by atoms with Crippen molar-refractivity contribution < 1.29 is 4.79 Å². The van der Waals surface area contributed by atoms with Crippen LogP contribution in [-0.2, 0) is 0 Å². The van der Waals surface area contributed by atoms with Crippen LogP contribution in [0.3, 0.4) is 0 Å². The van der Waals surface area contributed by atoms with Crippen LogP contribution >= 0.6 is 0 Å². The van der Waals surface area contributed by atoms with Crippen LogP contribution in [0.5, 0.6) is 0 Å². The molecule has 3 nitrogen and oxygen atoms in total. The highest BCUT2D eigenvalue weighted by Crippen LogP contribution is 2.25. The van der Waals surface area contributed by atoms with E-state index in [1.54, 1.807) is 0 Å². The van der Waals surface area contributed by atoms with Gasteiger partial charge in [-0.05, 0) is 25.3 Å². The van der Waals surface area contributed by atoms with Gasteiger partial charge in [-0.3, -0.25) is 9.79 Å². The third-order valence-corrected chi connectivity index (χ3v) is 4.18. The number of hydrogen-bond acceptors (Lipinski definition) is 3. The number of aliphatic imine (C=N–C) groups is 1. The predicted molar refractivity (Wildman–Crippen MR) is 76.7 cm³/mol. The molecule has 3 rings (SSSR count). The zero-order chi connectivity index (χ0) is 13.2. The highest BCUT2D eigenvalue weighted by atomic mass is 16.1. The molecule has 0 amide bonds. The summed E-state index contributed by atoms with van der Waals surface area (Å²) in [7, 11) is 0. The number of nitrogens with one attached hydrogen (secondary N) is 1. The summed E-state index contributed by atoms with van der Waals surface area (Å²) in [6.07, 6.45) is 5.32. The van der Waals surface area contributed by atoms with Crippen molar-refractivity contribution in [3.05, 3.63) is 35.4 Å². The van der Waals surface area contributed by atoms with Gasteiger partial charge in [-0.1, -0.05) is 37.1 Å². The Morgan fingerprint density at radius 1 is 1.32 bits per heavy atom. The predicted octanol–water partition coefficient (Wildman–Crippen LogP) is 2.88. The normalized spacial score (nSPS) is 25.4. The lowest BCUT2D eigenvalue weighted by Gasteiger charge is -2.23. The maximum absolute atomic E-state index is 12.3. The van der Waals surface area contributed by atoms with Gasteiger partial charge in [0.1, 0.15) is 5.84 Å². The quantitative estimate of drug-likeness (QED) is 0.845. The van der Waals surface area contributed by atoms with E-state index in [2.05, 4.69) is 10.3 Å². The molecule has 2 aliphatic rings. The average molecular weight is 256 g/mol. The van der Waals surface area contributed by atoms with Crippen LogP contribution in [0.1, 0.15) is 48.0 Å². The second-order valence-corrected chi connectivity index (χ2v) is 5.59. The SMILES string of the molecule is Cc1ccccc1C(=O)CC1=N[C@@H]2CCCC[C@@H]2N1. The van der Waals surface area contributed by atoms with Gasteiger partial charge in [-0.15, -0.1) is 0 Å². The number of carbonyl (C=O) groups is 1. The molecule has 0 spiro atoms. The lowest BCUT2D eigenvalue weighted by molar-refractivity contribution is 0.0999. The number of benzene rings is 1. The number of aryl methyl sites for hydroxylation is 1. The van der Waals surface area contributed by atoms with Crippen LogP contribution in [0, 0.1) is 6.92 Å². The van der Waals surface area contributed by atoms with Crippen LogP contribution in [-0.4, -0.2) is 23.7 Å². The number of ketones is 1. The van der Waals surface area contributed by atoms with Gasteiger partial charge in [0.05, 0.1) is 12.5 Å². The molecule has 0 saturated heterocycles. The topological polar surface area (TPSA) is 41.5 Å². The Bertz CT molecular complexity index is 521. The minimum Gasteiger partial charge on any atom is -0.369 e. The largest absolute Gasteiger partial charge is 0.369 e. The Morgan fingerprint density at radius 2 is 2.11 bits per heavy atom. The van der Waals surface area contributed by atoms with Crippen molar-refractivity contribution in [2.24, 2.45) is 4.99 Å². The van der Waals surface area contributed by atoms with Crippen molar-refractivity contribution in [1.29, 1.82) is 0 Å². The minimum atomic E-state index is 0.169. The maximum atomic E-state index is 12.3. The van der Waals surface area contributed by atoms with E-state index in [0.717, 1.165) is 17.0 Å². The van der Waals surface area contributed by atoms with E-state index in [4.69, 9.17) is 0 Å². The summed E-state index contributed by atoms with van der Waals surface area (Å²) in [6.45, 7) is 1.98. The zero-order valence-corrected chi connectivity index (χ0v) is 11.4. The first-order valence-electron chi connectivity index (χ1n) is 7.16. The van der Waals surface area contributed by atoms with Gasteiger partial charge in [-0.25, -0.2) is 0 Å². The molecule has 1 saturated carbocycles. The molecule has 2 atom stereocenters. The number of Topliss-reactive ketones (excluding diaryl/α,β-unsaturated/α-hetero) is 1. The van der Waals surface area contributed by atoms with Crippen LogP contribution in [0.4, 0.5) is 0 Å². The van der Waals surface area contributed by atoms with Crippen LogP contribution in [0.15, 0.2) is 29.3 Å². The van der Waals surface area contributed by atoms with Crippen LogP contribution in [0.25, 0.3) is 0 Å². The number of hydrogen-bond donors (Lipinski definition) is 1. The van der Waals surface area contributed by atoms with Gasteiger partial charge in [0, 0.05) is 11.6 Å². The molecule has 1 aliphatic carbocycles. The molecular weight excluding hydrogens is 236 g/mol. The smallest absolute Gasteiger partial charge is 0.170 e. The highest BCUT2D eigenvalue weighted by molar-refractivity contribution is 6.10. The molecule has 0 unspecified atom stereocenters. The Balaban J connectivity index is 1.69. The van der Waals surface area contributed by atoms with Crippen molar-refractivity contribution in [3.8, 4) is 0 Å². The summed E-state index contributed by atoms with van der Waals surface area (Å²) >= 11 is 0. The summed E-state index contributed by atoms with van der Waals surface area (Å²) in [4.78, 5) is 17.0. The molecule has 0 bridgehead atoms. The van der Waals surface area contributed by atoms with E-state index in [1.807, 2.05) is 31.2 Å². The molecule has 0 aromatic heterocycles. The molecule has 3 heteroatoms. The van der Waals surface area contributed by atoms with Crippen molar-refractivity contribution >= 4 is 11.6 Å². The van der Waals surface area contributed by atoms with Gasteiger partial charge in [0.25, 0.3) is 0 Å². The van der Waals surface area contributed by atoms with Gasteiger partial charge in [-0.2, -0.15) is 0 Å². The number of carbonyl (C=O) groups excluding carboxylic acids is 1. The first kappa shape index (κ1) is 12.4. The number of fused-ring (bicyclic) bond motifs is 1. The number of nitrogens with zero attached hydrogens (tertiary/aromatic N) is 1. The van der Waals surface area contributed by atoms with Gasteiger partial charge < -0.3 is 5.32 Å². The summed E-state index contributed by atoms with van der Waals surface area (Å²) in [5.74, 6) is 1.06. The van der Waals surface area contributed by atoms with Gasteiger partial charge >= 0.3 is 0 Å². The summed E-state index contributed by atoms with van der Waals surface area (Å²) in [6, 6.07) is 8.66. The first-order chi connectivity index (χ1) is 9.24. The van der Waals surface area contributed by atoms with Crippen molar-refractivity contribution in [2.75, 3.05) is 0 Å². The number of amidine groups is 1. The van der Waals surface area contributed by atoms with Crippen molar-refractivity contribution in [1.82, 2.24) is 5.32 Å². The van der Waals surface area contributed by atoms with Crippen LogP contribution in [0.2, 0.25) is 0 Å². The lowest BCUT2D eigenvalue weighted by Crippen LogP contribution is -2.37. The molecule has 1 aromatic rings. The fraction of sp³-hybridized carbons (Fsp3) is 0.500. The Morgan fingerprint density at radius 3 is 2.89 bits per heavy atom. The third-order valence-electron chi connectivity index (χ3n) is 4.18. The molecule has 19 heavy (non-hydrogen) atoms. The fourth-order valence-corrected chi connectivity index (χ4v) is 3.12. The molecule has 1 aromatic carbocycles. The third kappa shape index (κ3) is 2.55. The molecular formula is C16H20N2O. The Labute approximate surface area is 114 Å². The fourth-order valence-electron chi connectivity index (χ4n) is 3.12. The summed E-state index contributed by atoms with van der Waals surface area (Å²) in [5, 5.41) is 3.44. The Hall–Kier alpha value is -1.64. The first-order valence-corrected chi connectivity index (χ1v) is 7.16. The molecule has 1 fully saturated rings. The van der Waals surface area contributed by atoms with E-state index in [-0.39, 0.29) is 5.78 Å². The average Bonchev–Trinajstić information content (AvgIpc) is 2.81. The minimum absolute atomic E-state index is 0.169. The molecule has 1 N–H and O–H groups in total. The van der Waals surface area contributed by atoms with Gasteiger partial charge in [0.2, 0.25) is 0 Å². The van der Waals surface area contributed by atoms with Crippen molar-refractivity contribution in [2.45, 2.75) is 51.1 Å².